The van der Waals surface area contributed by atoms with Gasteiger partial charge in [0.1, 0.15) is 16.9 Å². The van der Waals surface area contributed by atoms with Crippen molar-refractivity contribution in [2.45, 2.75) is 31.8 Å². The zero-order chi connectivity index (χ0) is 19.6. The number of carbonyl (C=O) groups excluding carboxylic acids is 1. The van der Waals surface area contributed by atoms with Gasteiger partial charge in [-0.15, -0.1) is 11.3 Å². The number of pyridine rings is 1. The molecule has 4 rings (SSSR count). The summed E-state index contributed by atoms with van der Waals surface area (Å²) in [7, 11) is 0. The topological polar surface area (TPSA) is 92.1 Å². The molecule has 144 valence electrons. The third-order valence-corrected chi connectivity index (χ3v) is 5.93. The highest BCUT2D eigenvalue weighted by Gasteiger charge is 2.35. The molecule has 1 amide bonds. The summed E-state index contributed by atoms with van der Waals surface area (Å²) in [5.74, 6) is -0.0564. The van der Waals surface area contributed by atoms with Crippen molar-refractivity contribution >= 4 is 17.2 Å². The number of nitrogens with zero attached hydrogens (tertiary/aromatic N) is 5. The lowest BCUT2D eigenvalue weighted by molar-refractivity contribution is -0.0167. The number of aliphatic hydroxyl groups is 1. The van der Waals surface area contributed by atoms with Gasteiger partial charge >= 0.3 is 0 Å². The summed E-state index contributed by atoms with van der Waals surface area (Å²) in [6.45, 7) is 2.89. The highest BCUT2D eigenvalue weighted by atomic mass is 32.1. The predicted octanol–water partition coefficient (Wildman–Crippen LogP) is 2.51. The van der Waals surface area contributed by atoms with E-state index in [1.807, 2.05) is 25.1 Å². The Bertz CT molecular complexity index is 953. The van der Waals surface area contributed by atoms with Crippen molar-refractivity contribution < 1.29 is 9.90 Å². The molecule has 1 aliphatic rings. The number of carbonyl (C=O) groups is 1. The molecule has 1 saturated heterocycles. The van der Waals surface area contributed by atoms with Gasteiger partial charge in [0.05, 0.1) is 16.3 Å². The molecule has 4 heterocycles. The van der Waals surface area contributed by atoms with E-state index < -0.39 is 5.60 Å². The van der Waals surface area contributed by atoms with Crippen LogP contribution in [0.25, 0.3) is 11.4 Å². The highest BCUT2D eigenvalue weighted by molar-refractivity contribution is 7.14. The van der Waals surface area contributed by atoms with Gasteiger partial charge in [-0.2, -0.15) is 0 Å². The first kappa shape index (κ1) is 18.6. The number of piperidine rings is 1. The number of thiazole rings is 1. The van der Waals surface area contributed by atoms with Gasteiger partial charge in [-0.3, -0.25) is 9.78 Å². The first-order chi connectivity index (χ1) is 13.5. The van der Waals surface area contributed by atoms with Gasteiger partial charge in [-0.1, -0.05) is 6.07 Å². The molecule has 3 aromatic heterocycles. The molecule has 0 atom stereocenters. The number of hydrogen-bond donors (Lipinski definition) is 1. The summed E-state index contributed by atoms with van der Waals surface area (Å²) >= 11 is 1.38. The minimum absolute atomic E-state index is 0.0564. The van der Waals surface area contributed by atoms with Crippen LogP contribution in [-0.2, 0) is 6.42 Å². The smallest absolute Gasteiger partial charge is 0.266 e. The van der Waals surface area contributed by atoms with Crippen molar-refractivity contribution in [2.24, 2.45) is 0 Å². The Balaban J connectivity index is 1.48. The standard InChI is InChI=1S/C20H21N5O2S/c1-14-24-17(16-5-9-21-13-23-16)18(28-14)19(26)25-10-6-20(27,7-11-25)12-15-4-2-3-8-22-15/h2-5,8-9,13,27H,6-7,10-12H2,1H3. The van der Waals surface area contributed by atoms with E-state index in [1.165, 1.54) is 17.7 Å². The second kappa shape index (κ2) is 7.73. The Kier molecular flexibility index (Phi) is 5.15. The summed E-state index contributed by atoms with van der Waals surface area (Å²) in [5, 5.41) is 11.7. The van der Waals surface area contributed by atoms with Gasteiger partial charge in [0.2, 0.25) is 0 Å². The van der Waals surface area contributed by atoms with Crippen LogP contribution in [0.15, 0.2) is 43.0 Å². The van der Waals surface area contributed by atoms with Gasteiger partial charge in [0, 0.05) is 37.6 Å². The Morgan fingerprint density at radius 2 is 2.04 bits per heavy atom. The quantitative estimate of drug-likeness (QED) is 0.730. The SMILES string of the molecule is Cc1nc(-c2ccncn2)c(C(=O)N2CCC(O)(Cc3ccccn3)CC2)s1. The fraction of sp³-hybridized carbons (Fsp3) is 0.350. The average Bonchev–Trinajstić information content (AvgIpc) is 3.11. The van der Waals surface area contributed by atoms with Crippen LogP contribution in [0, 0.1) is 6.92 Å². The van der Waals surface area contributed by atoms with Crippen LogP contribution < -0.4 is 0 Å². The molecule has 7 nitrogen and oxygen atoms in total. The lowest BCUT2D eigenvalue weighted by atomic mass is 9.86. The van der Waals surface area contributed by atoms with Crippen molar-refractivity contribution in [3.8, 4) is 11.4 Å². The molecule has 28 heavy (non-hydrogen) atoms. The van der Waals surface area contributed by atoms with Crippen molar-refractivity contribution in [1.82, 2.24) is 24.8 Å². The van der Waals surface area contributed by atoms with Gasteiger partial charge in [0.15, 0.2) is 0 Å². The molecule has 0 bridgehead atoms. The number of aryl methyl sites for hydroxylation is 1. The number of hydrogen-bond acceptors (Lipinski definition) is 7. The normalized spacial score (nSPS) is 16.1. The Morgan fingerprint density at radius 1 is 1.21 bits per heavy atom. The molecule has 0 aromatic carbocycles. The Hall–Kier alpha value is -2.71. The first-order valence-corrected chi connectivity index (χ1v) is 10.0. The second-order valence-electron chi connectivity index (χ2n) is 7.02. The molecule has 0 radical (unpaired) electrons. The van der Waals surface area contributed by atoms with Crippen LogP contribution in [0.1, 0.15) is 33.2 Å². The van der Waals surface area contributed by atoms with E-state index in [1.54, 1.807) is 23.4 Å². The molecular formula is C20H21N5O2S. The van der Waals surface area contributed by atoms with E-state index >= 15 is 0 Å². The summed E-state index contributed by atoms with van der Waals surface area (Å²) in [4.78, 5) is 32.5. The summed E-state index contributed by atoms with van der Waals surface area (Å²) < 4.78 is 0. The van der Waals surface area contributed by atoms with Crippen LogP contribution in [0.4, 0.5) is 0 Å². The molecule has 8 heteroatoms. The molecule has 1 fully saturated rings. The van der Waals surface area contributed by atoms with Crippen molar-refractivity contribution in [2.75, 3.05) is 13.1 Å². The van der Waals surface area contributed by atoms with Crippen molar-refractivity contribution in [3.05, 3.63) is 58.6 Å². The van der Waals surface area contributed by atoms with E-state index in [0.29, 0.717) is 48.6 Å². The Morgan fingerprint density at radius 3 is 2.71 bits per heavy atom. The zero-order valence-electron chi connectivity index (χ0n) is 15.6. The number of rotatable bonds is 4. The van der Waals surface area contributed by atoms with Crippen molar-refractivity contribution in [3.63, 3.8) is 0 Å². The largest absolute Gasteiger partial charge is 0.389 e. The molecule has 0 aliphatic carbocycles. The highest BCUT2D eigenvalue weighted by Crippen LogP contribution is 2.31. The fourth-order valence-electron chi connectivity index (χ4n) is 3.46. The Labute approximate surface area is 167 Å². The second-order valence-corrected chi connectivity index (χ2v) is 8.22. The molecule has 1 N–H and O–H groups in total. The molecule has 0 spiro atoms. The van der Waals surface area contributed by atoms with Crippen LogP contribution in [-0.4, -0.2) is 54.5 Å². The van der Waals surface area contributed by atoms with E-state index in [-0.39, 0.29) is 5.91 Å². The van der Waals surface area contributed by atoms with Gasteiger partial charge < -0.3 is 10.0 Å². The molecule has 3 aromatic rings. The maximum absolute atomic E-state index is 13.1. The van der Waals surface area contributed by atoms with Gasteiger partial charge in [0.25, 0.3) is 5.91 Å². The predicted molar refractivity (Wildman–Crippen MR) is 106 cm³/mol. The maximum Gasteiger partial charge on any atom is 0.266 e. The first-order valence-electron chi connectivity index (χ1n) is 9.19. The summed E-state index contributed by atoms with van der Waals surface area (Å²) in [6.07, 6.45) is 6.38. The monoisotopic (exact) mass is 395 g/mol. The van der Waals surface area contributed by atoms with Gasteiger partial charge in [-0.05, 0) is 38.0 Å². The van der Waals surface area contributed by atoms with E-state index in [2.05, 4.69) is 19.9 Å². The van der Waals surface area contributed by atoms with E-state index in [0.717, 1.165) is 10.7 Å². The zero-order valence-corrected chi connectivity index (χ0v) is 16.4. The van der Waals surface area contributed by atoms with Crippen LogP contribution in [0.3, 0.4) is 0 Å². The average molecular weight is 395 g/mol. The molecule has 0 unspecified atom stereocenters. The maximum atomic E-state index is 13.1. The summed E-state index contributed by atoms with van der Waals surface area (Å²) in [6, 6.07) is 7.46. The van der Waals surface area contributed by atoms with Crippen molar-refractivity contribution in [1.29, 1.82) is 0 Å². The number of aromatic nitrogens is 4. The van der Waals surface area contributed by atoms with E-state index in [9.17, 15) is 9.90 Å². The third-order valence-electron chi connectivity index (χ3n) is 4.97. The molecule has 0 saturated carbocycles. The summed E-state index contributed by atoms with van der Waals surface area (Å²) in [5.41, 5.74) is 1.29. The lowest BCUT2D eigenvalue weighted by Crippen LogP contribution is -2.47. The van der Waals surface area contributed by atoms with E-state index in [4.69, 9.17) is 0 Å². The molecular weight excluding hydrogens is 374 g/mol. The van der Waals surface area contributed by atoms with Crippen LogP contribution in [0.5, 0.6) is 0 Å². The number of amides is 1. The minimum Gasteiger partial charge on any atom is -0.389 e. The third kappa shape index (κ3) is 3.93. The number of likely N-dealkylation sites (tertiary alicyclic amines) is 1. The van der Waals surface area contributed by atoms with Crippen LogP contribution in [0.2, 0.25) is 0 Å². The minimum atomic E-state index is -0.829. The fourth-order valence-corrected chi connectivity index (χ4v) is 4.36. The lowest BCUT2D eigenvalue weighted by Gasteiger charge is -2.38. The van der Waals surface area contributed by atoms with Crippen LogP contribution >= 0.6 is 11.3 Å². The van der Waals surface area contributed by atoms with Gasteiger partial charge in [-0.25, -0.2) is 15.0 Å². The molecule has 1 aliphatic heterocycles.